The molecule has 0 heterocycles. The molecule has 4 atom stereocenters. The van der Waals surface area contributed by atoms with Crippen LogP contribution < -0.4 is 5.11 Å². The van der Waals surface area contributed by atoms with Crippen LogP contribution in [0.15, 0.2) is 0 Å². The lowest BCUT2D eigenvalue weighted by Crippen LogP contribution is -2.58. The van der Waals surface area contributed by atoms with E-state index in [4.69, 9.17) is 9.84 Å². The molecular weight excluding hydrogens is 220 g/mol. The van der Waals surface area contributed by atoms with Crippen molar-refractivity contribution in [3.63, 3.8) is 0 Å². The fourth-order valence-electron chi connectivity index (χ4n) is 1.19. The van der Waals surface area contributed by atoms with Crippen LogP contribution in [0.2, 0.25) is 0 Å². The summed E-state index contributed by atoms with van der Waals surface area (Å²) in [6.45, 7) is 0.788. The zero-order chi connectivity index (χ0) is 12.9. The van der Waals surface area contributed by atoms with Crippen LogP contribution in [0.25, 0.3) is 0 Å². The van der Waals surface area contributed by atoms with Crippen LogP contribution in [0, 0.1) is 0 Å². The van der Waals surface area contributed by atoms with Gasteiger partial charge in [0.1, 0.15) is 23.9 Å². The Labute approximate surface area is 93.2 Å². The third kappa shape index (κ3) is 3.13. The van der Waals surface area contributed by atoms with E-state index in [1.165, 1.54) is 14.0 Å². The van der Waals surface area contributed by atoms with Crippen LogP contribution >= 0.6 is 0 Å². The van der Waals surface area contributed by atoms with Crippen molar-refractivity contribution >= 4 is 5.97 Å². The molecular formula is C9H17O7-. The third-order valence-corrected chi connectivity index (χ3v) is 2.54. The van der Waals surface area contributed by atoms with Crippen molar-refractivity contribution in [2.75, 3.05) is 20.8 Å². The van der Waals surface area contributed by atoms with Gasteiger partial charge >= 0.3 is 0 Å². The van der Waals surface area contributed by atoms with Gasteiger partial charge in [-0.25, -0.2) is 0 Å². The van der Waals surface area contributed by atoms with Gasteiger partial charge in [0.15, 0.2) is 0 Å². The maximum Gasteiger partial charge on any atom is 0.122 e. The SMILES string of the molecule is COC(C(O)C(=O)[O-])C(O)C(C)(CO)OC. The van der Waals surface area contributed by atoms with E-state index >= 15 is 0 Å². The van der Waals surface area contributed by atoms with Crippen LogP contribution in [-0.2, 0) is 14.3 Å². The lowest BCUT2D eigenvalue weighted by molar-refractivity contribution is -0.321. The van der Waals surface area contributed by atoms with Crippen molar-refractivity contribution in [2.45, 2.75) is 30.8 Å². The van der Waals surface area contributed by atoms with Gasteiger partial charge in [0.25, 0.3) is 0 Å². The highest BCUT2D eigenvalue weighted by Crippen LogP contribution is 2.20. The molecule has 0 fully saturated rings. The first-order valence-electron chi connectivity index (χ1n) is 4.59. The van der Waals surface area contributed by atoms with Gasteiger partial charge in [-0.3, -0.25) is 0 Å². The lowest BCUT2D eigenvalue weighted by Gasteiger charge is -2.37. The van der Waals surface area contributed by atoms with Crippen LogP contribution in [0.3, 0.4) is 0 Å². The van der Waals surface area contributed by atoms with Gasteiger partial charge in [-0.05, 0) is 6.92 Å². The molecule has 7 heteroatoms. The van der Waals surface area contributed by atoms with E-state index in [0.717, 1.165) is 7.11 Å². The molecule has 0 bridgehead atoms. The lowest BCUT2D eigenvalue weighted by atomic mass is 9.92. The molecule has 0 saturated carbocycles. The van der Waals surface area contributed by atoms with Crippen LogP contribution in [-0.4, -0.2) is 66.0 Å². The largest absolute Gasteiger partial charge is 0.547 e. The number of carboxylic acids is 1. The van der Waals surface area contributed by atoms with E-state index in [-0.39, 0.29) is 0 Å². The summed E-state index contributed by atoms with van der Waals surface area (Å²) < 4.78 is 9.53. The highest BCUT2D eigenvalue weighted by Gasteiger charge is 2.41. The summed E-state index contributed by atoms with van der Waals surface area (Å²) in [4.78, 5) is 10.5. The van der Waals surface area contributed by atoms with E-state index < -0.39 is 36.5 Å². The Bertz CT molecular complexity index is 226. The molecule has 0 aromatic carbocycles. The fraction of sp³-hybridized carbons (Fsp3) is 0.889. The summed E-state index contributed by atoms with van der Waals surface area (Å²) in [5.41, 5.74) is -1.43. The maximum absolute atomic E-state index is 10.5. The minimum atomic E-state index is -2.01. The molecule has 0 aliphatic rings. The minimum absolute atomic E-state index is 0.565. The topological polar surface area (TPSA) is 119 Å². The summed E-state index contributed by atoms with van der Waals surface area (Å²) in [5.74, 6) is -1.78. The van der Waals surface area contributed by atoms with Crippen molar-refractivity contribution in [2.24, 2.45) is 0 Å². The van der Waals surface area contributed by atoms with Gasteiger partial charge in [0.05, 0.1) is 12.6 Å². The second-order valence-electron chi connectivity index (χ2n) is 3.58. The summed E-state index contributed by atoms with van der Waals surface area (Å²) >= 11 is 0. The molecule has 0 amide bonds. The van der Waals surface area contributed by atoms with Gasteiger partial charge in [0, 0.05) is 14.2 Å². The van der Waals surface area contributed by atoms with E-state index in [1.807, 2.05) is 0 Å². The monoisotopic (exact) mass is 237 g/mol. The smallest absolute Gasteiger partial charge is 0.122 e. The number of hydrogen-bond donors (Lipinski definition) is 3. The number of aliphatic hydroxyl groups excluding tert-OH is 3. The molecule has 0 rings (SSSR count). The quantitative estimate of drug-likeness (QED) is 0.428. The average Bonchev–Trinajstić information content (AvgIpc) is 2.28. The second-order valence-corrected chi connectivity index (χ2v) is 3.58. The van der Waals surface area contributed by atoms with Gasteiger partial charge < -0.3 is 34.7 Å². The molecule has 16 heavy (non-hydrogen) atoms. The van der Waals surface area contributed by atoms with E-state index in [9.17, 15) is 20.1 Å². The Kier molecular flexibility index (Phi) is 5.84. The third-order valence-electron chi connectivity index (χ3n) is 2.54. The highest BCUT2D eigenvalue weighted by molar-refractivity contribution is 5.70. The summed E-state index contributed by atoms with van der Waals surface area (Å²) in [5, 5.41) is 38.5. The standard InChI is InChI=1S/C9H18O7/c1-9(4-10,16-3)7(12)6(15-2)5(11)8(13)14/h5-7,10-12H,4H2,1-3H3,(H,13,14)/p-1. The van der Waals surface area contributed by atoms with Crippen molar-refractivity contribution in [3.05, 3.63) is 0 Å². The van der Waals surface area contributed by atoms with Crippen molar-refractivity contribution in [3.8, 4) is 0 Å². The normalized spacial score (nSPS) is 20.9. The molecule has 0 aromatic rings. The Morgan fingerprint density at radius 3 is 2.19 bits per heavy atom. The number of aliphatic carboxylic acids is 1. The zero-order valence-electron chi connectivity index (χ0n) is 9.41. The molecule has 3 N–H and O–H groups in total. The maximum atomic E-state index is 10.5. The molecule has 0 aliphatic carbocycles. The summed E-state index contributed by atoms with van der Waals surface area (Å²) in [6, 6.07) is 0. The second kappa shape index (κ2) is 6.12. The molecule has 0 spiro atoms. The summed E-state index contributed by atoms with van der Waals surface area (Å²) in [6.07, 6.45) is -5.00. The van der Waals surface area contributed by atoms with Crippen molar-refractivity contribution in [1.82, 2.24) is 0 Å². The predicted octanol–water partition coefficient (Wildman–Crippen LogP) is -3.13. The zero-order valence-corrected chi connectivity index (χ0v) is 9.41. The van der Waals surface area contributed by atoms with E-state index in [1.54, 1.807) is 0 Å². The molecule has 7 nitrogen and oxygen atoms in total. The predicted molar refractivity (Wildman–Crippen MR) is 50.3 cm³/mol. The molecule has 0 aliphatic heterocycles. The molecule has 0 aromatic heterocycles. The van der Waals surface area contributed by atoms with Crippen molar-refractivity contribution in [1.29, 1.82) is 0 Å². The van der Waals surface area contributed by atoms with Crippen LogP contribution in [0.4, 0.5) is 0 Å². The Morgan fingerprint density at radius 1 is 1.44 bits per heavy atom. The number of aliphatic hydroxyl groups is 3. The first kappa shape index (κ1) is 15.3. The van der Waals surface area contributed by atoms with Crippen LogP contribution in [0.1, 0.15) is 6.92 Å². The van der Waals surface area contributed by atoms with Gasteiger partial charge in [-0.15, -0.1) is 0 Å². The summed E-state index contributed by atoms with van der Waals surface area (Å²) in [7, 11) is 2.35. The Balaban J connectivity index is 4.89. The number of carbonyl (C=O) groups excluding carboxylic acids is 1. The number of rotatable bonds is 7. The molecule has 96 valence electrons. The first-order chi connectivity index (χ1) is 7.33. The highest BCUT2D eigenvalue weighted by atomic mass is 16.5. The van der Waals surface area contributed by atoms with E-state index in [0.29, 0.717) is 0 Å². The number of carboxylic acid groups (broad SMARTS) is 1. The number of hydrogen-bond acceptors (Lipinski definition) is 7. The Morgan fingerprint density at radius 2 is 1.94 bits per heavy atom. The van der Waals surface area contributed by atoms with Crippen molar-refractivity contribution < 1.29 is 34.7 Å². The first-order valence-corrected chi connectivity index (χ1v) is 4.59. The van der Waals surface area contributed by atoms with E-state index in [2.05, 4.69) is 4.74 Å². The molecule has 4 unspecified atom stereocenters. The van der Waals surface area contributed by atoms with Gasteiger partial charge in [-0.2, -0.15) is 0 Å². The minimum Gasteiger partial charge on any atom is -0.547 e. The fourth-order valence-corrected chi connectivity index (χ4v) is 1.19. The average molecular weight is 237 g/mol. The van der Waals surface area contributed by atoms with Gasteiger partial charge in [-0.1, -0.05) is 0 Å². The molecule has 0 radical (unpaired) electrons. The Hall–Kier alpha value is -0.730. The number of ether oxygens (including phenoxy) is 2. The molecule has 0 saturated heterocycles. The van der Waals surface area contributed by atoms with Gasteiger partial charge in [0.2, 0.25) is 0 Å². The number of carbonyl (C=O) groups is 1. The van der Waals surface area contributed by atoms with Crippen LogP contribution in [0.5, 0.6) is 0 Å². The number of methoxy groups -OCH3 is 2.